The van der Waals surface area contributed by atoms with Crippen molar-refractivity contribution in [1.82, 2.24) is 5.32 Å². The van der Waals surface area contributed by atoms with Gasteiger partial charge in [0.2, 0.25) is 0 Å². The topological polar surface area (TPSA) is 12.0 Å². The van der Waals surface area contributed by atoms with Gasteiger partial charge in [0.05, 0.1) is 0 Å². The van der Waals surface area contributed by atoms with Gasteiger partial charge in [-0.05, 0) is 12.0 Å². The SMILES string of the molecule is C#CCC(CCC)NCc1ccccc1. The minimum absolute atomic E-state index is 0.459. The van der Waals surface area contributed by atoms with Crippen LogP contribution in [-0.2, 0) is 6.54 Å². The zero-order chi connectivity index (χ0) is 10.9. The second-order valence-corrected chi connectivity index (χ2v) is 3.76. The molecule has 1 heteroatoms. The average Bonchev–Trinajstić information content (AvgIpc) is 2.28. The highest BCUT2D eigenvalue weighted by Crippen LogP contribution is 2.04. The summed E-state index contributed by atoms with van der Waals surface area (Å²) in [5.41, 5.74) is 1.32. The predicted octanol–water partition coefficient (Wildman–Crippen LogP) is 2.97. The highest BCUT2D eigenvalue weighted by Gasteiger charge is 2.04. The molecule has 0 bridgehead atoms. The fourth-order valence-electron chi connectivity index (χ4n) is 1.63. The molecule has 0 saturated carbocycles. The van der Waals surface area contributed by atoms with E-state index in [0.717, 1.165) is 19.4 Å². The summed E-state index contributed by atoms with van der Waals surface area (Å²) in [4.78, 5) is 0. The highest BCUT2D eigenvalue weighted by atomic mass is 14.9. The van der Waals surface area contributed by atoms with E-state index in [4.69, 9.17) is 6.42 Å². The van der Waals surface area contributed by atoms with Crippen LogP contribution in [0.25, 0.3) is 0 Å². The maximum atomic E-state index is 5.34. The van der Waals surface area contributed by atoms with Gasteiger partial charge in [0.25, 0.3) is 0 Å². The fourth-order valence-corrected chi connectivity index (χ4v) is 1.63. The van der Waals surface area contributed by atoms with Crippen LogP contribution in [0.15, 0.2) is 30.3 Å². The molecular weight excluding hydrogens is 182 g/mol. The monoisotopic (exact) mass is 201 g/mol. The summed E-state index contributed by atoms with van der Waals surface area (Å²) >= 11 is 0. The first-order chi connectivity index (χ1) is 7.36. The third-order valence-corrected chi connectivity index (χ3v) is 2.44. The third-order valence-electron chi connectivity index (χ3n) is 2.44. The van der Waals surface area contributed by atoms with Crippen molar-refractivity contribution in [1.29, 1.82) is 0 Å². The minimum atomic E-state index is 0.459. The van der Waals surface area contributed by atoms with Gasteiger partial charge in [-0.25, -0.2) is 0 Å². The Morgan fingerprint density at radius 2 is 2.07 bits per heavy atom. The lowest BCUT2D eigenvalue weighted by Crippen LogP contribution is -2.27. The molecule has 1 rings (SSSR count). The first kappa shape index (κ1) is 11.8. The number of terminal acetylenes is 1. The van der Waals surface area contributed by atoms with Gasteiger partial charge in [0.15, 0.2) is 0 Å². The standard InChI is InChI=1S/C14H19N/c1-3-8-14(9-4-2)15-12-13-10-6-5-7-11-13/h1,5-7,10-11,14-15H,4,8-9,12H2,2H3. The molecule has 0 saturated heterocycles. The molecule has 0 radical (unpaired) electrons. The number of rotatable bonds is 6. The van der Waals surface area contributed by atoms with Crippen molar-refractivity contribution in [2.75, 3.05) is 0 Å². The van der Waals surface area contributed by atoms with E-state index in [-0.39, 0.29) is 0 Å². The highest BCUT2D eigenvalue weighted by molar-refractivity contribution is 5.14. The van der Waals surface area contributed by atoms with Crippen molar-refractivity contribution < 1.29 is 0 Å². The Morgan fingerprint density at radius 3 is 2.67 bits per heavy atom. The van der Waals surface area contributed by atoms with Crippen LogP contribution in [0.3, 0.4) is 0 Å². The summed E-state index contributed by atoms with van der Waals surface area (Å²) in [6.07, 6.45) is 8.48. The first-order valence-electron chi connectivity index (χ1n) is 5.57. The van der Waals surface area contributed by atoms with Gasteiger partial charge < -0.3 is 5.32 Å². The molecule has 1 N–H and O–H groups in total. The van der Waals surface area contributed by atoms with E-state index in [9.17, 15) is 0 Å². The zero-order valence-electron chi connectivity index (χ0n) is 9.37. The lowest BCUT2D eigenvalue weighted by Gasteiger charge is -2.15. The van der Waals surface area contributed by atoms with Crippen LogP contribution >= 0.6 is 0 Å². The van der Waals surface area contributed by atoms with E-state index >= 15 is 0 Å². The molecular formula is C14H19N. The number of hydrogen-bond acceptors (Lipinski definition) is 1. The summed E-state index contributed by atoms with van der Waals surface area (Å²) in [6.45, 7) is 3.10. The molecule has 1 nitrogen and oxygen atoms in total. The van der Waals surface area contributed by atoms with E-state index in [1.165, 1.54) is 12.0 Å². The van der Waals surface area contributed by atoms with Gasteiger partial charge in [-0.15, -0.1) is 12.3 Å². The van der Waals surface area contributed by atoms with Crippen molar-refractivity contribution in [2.45, 2.75) is 38.8 Å². The molecule has 1 aromatic rings. The Kier molecular flexibility index (Phi) is 5.58. The van der Waals surface area contributed by atoms with Crippen molar-refractivity contribution in [3.05, 3.63) is 35.9 Å². The Balaban J connectivity index is 2.37. The third kappa shape index (κ3) is 4.67. The smallest absolute Gasteiger partial charge is 0.0240 e. The van der Waals surface area contributed by atoms with Crippen LogP contribution in [0.1, 0.15) is 31.7 Å². The van der Waals surface area contributed by atoms with Gasteiger partial charge in [-0.1, -0.05) is 43.7 Å². The average molecular weight is 201 g/mol. The quantitative estimate of drug-likeness (QED) is 0.698. The molecule has 0 heterocycles. The molecule has 15 heavy (non-hydrogen) atoms. The molecule has 1 aromatic carbocycles. The van der Waals surface area contributed by atoms with E-state index in [1.807, 2.05) is 6.07 Å². The minimum Gasteiger partial charge on any atom is -0.309 e. The second kappa shape index (κ2) is 7.09. The van der Waals surface area contributed by atoms with Crippen LogP contribution in [0, 0.1) is 12.3 Å². The molecule has 0 amide bonds. The molecule has 0 fully saturated rings. The molecule has 0 aliphatic carbocycles. The number of benzene rings is 1. The Labute approximate surface area is 92.9 Å². The Bertz CT molecular complexity index is 297. The summed E-state index contributed by atoms with van der Waals surface area (Å²) in [5.74, 6) is 2.73. The van der Waals surface area contributed by atoms with Crippen molar-refractivity contribution in [3.63, 3.8) is 0 Å². The molecule has 0 aliphatic rings. The van der Waals surface area contributed by atoms with E-state index < -0.39 is 0 Å². The van der Waals surface area contributed by atoms with Gasteiger partial charge in [0.1, 0.15) is 0 Å². The van der Waals surface area contributed by atoms with Crippen LogP contribution < -0.4 is 5.32 Å². The van der Waals surface area contributed by atoms with E-state index in [2.05, 4.69) is 42.4 Å². The molecule has 1 unspecified atom stereocenters. The summed E-state index contributed by atoms with van der Waals surface area (Å²) in [5, 5.41) is 3.50. The number of hydrogen-bond donors (Lipinski definition) is 1. The first-order valence-corrected chi connectivity index (χ1v) is 5.57. The Morgan fingerprint density at radius 1 is 1.33 bits per heavy atom. The molecule has 80 valence electrons. The molecule has 0 spiro atoms. The lowest BCUT2D eigenvalue weighted by atomic mass is 10.1. The van der Waals surface area contributed by atoms with E-state index in [1.54, 1.807) is 0 Å². The molecule has 0 aromatic heterocycles. The van der Waals surface area contributed by atoms with E-state index in [0.29, 0.717) is 6.04 Å². The van der Waals surface area contributed by atoms with Crippen molar-refractivity contribution >= 4 is 0 Å². The largest absolute Gasteiger partial charge is 0.309 e. The van der Waals surface area contributed by atoms with Crippen LogP contribution in [0.5, 0.6) is 0 Å². The van der Waals surface area contributed by atoms with Crippen molar-refractivity contribution in [3.8, 4) is 12.3 Å². The normalized spacial score (nSPS) is 12.0. The van der Waals surface area contributed by atoms with Gasteiger partial charge in [-0.2, -0.15) is 0 Å². The molecule has 0 aliphatic heterocycles. The second-order valence-electron chi connectivity index (χ2n) is 3.76. The number of nitrogens with one attached hydrogen (secondary N) is 1. The molecule has 1 atom stereocenters. The van der Waals surface area contributed by atoms with Gasteiger partial charge in [-0.3, -0.25) is 0 Å². The van der Waals surface area contributed by atoms with Crippen LogP contribution in [0.4, 0.5) is 0 Å². The maximum absolute atomic E-state index is 5.34. The fraction of sp³-hybridized carbons (Fsp3) is 0.429. The van der Waals surface area contributed by atoms with Gasteiger partial charge >= 0.3 is 0 Å². The predicted molar refractivity (Wildman–Crippen MR) is 65.4 cm³/mol. The van der Waals surface area contributed by atoms with Crippen molar-refractivity contribution in [2.24, 2.45) is 0 Å². The maximum Gasteiger partial charge on any atom is 0.0240 e. The summed E-state index contributed by atoms with van der Waals surface area (Å²) in [7, 11) is 0. The zero-order valence-corrected chi connectivity index (χ0v) is 9.37. The summed E-state index contributed by atoms with van der Waals surface area (Å²) in [6, 6.07) is 10.9. The Hall–Kier alpha value is -1.26. The van der Waals surface area contributed by atoms with Crippen LogP contribution in [-0.4, -0.2) is 6.04 Å². The van der Waals surface area contributed by atoms with Crippen LogP contribution in [0.2, 0.25) is 0 Å². The lowest BCUT2D eigenvalue weighted by molar-refractivity contribution is 0.483. The summed E-state index contributed by atoms with van der Waals surface area (Å²) < 4.78 is 0. The van der Waals surface area contributed by atoms with Gasteiger partial charge in [0, 0.05) is 19.0 Å².